The van der Waals surface area contributed by atoms with Crippen molar-refractivity contribution in [3.8, 4) is 0 Å². The molecule has 0 N–H and O–H groups in total. The molecule has 3 rings (SSSR count). The summed E-state index contributed by atoms with van der Waals surface area (Å²) in [5.41, 5.74) is 0.977. The maximum absolute atomic E-state index is 11.2. The summed E-state index contributed by atoms with van der Waals surface area (Å²) < 4.78 is 0. The third-order valence-corrected chi connectivity index (χ3v) is 4.76. The Morgan fingerprint density at radius 2 is 2.35 bits per heavy atom. The average Bonchev–Trinajstić information content (AvgIpc) is 2.87. The molecule has 0 saturated heterocycles. The number of hydrogen-bond donors (Lipinski definition) is 0. The Morgan fingerprint density at radius 1 is 1.55 bits per heavy atom. The van der Waals surface area contributed by atoms with Crippen LogP contribution in [0.3, 0.4) is 0 Å². The van der Waals surface area contributed by atoms with Crippen LogP contribution in [0.4, 0.5) is 11.5 Å². The first-order chi connectivity index (χ1) is 9.59. The van der Waals surface area contributed by atoms with Crippen LogP contribution < -0.4 is 4.90 Å². The second-order valence-corrected chi connectivity index (χ2v) is 5.87. The van der Waals surface area contributed by atoms with Crippen LogP contribution >= 0.6 is 22.9 Å². The van der Waals surface area contributed by atoms with Gasteiger partial charge in [-0.2, -0.15) is 0 Å². The van der Waals surface area contributed by atoms with Crippen molar-refractivity contribution >= 4 is 34.4 Å². The first-order valence-corrected chi connectivity index (χ1v) is 7.33. The molecule has 0 spiro atoms. The van der Waals surface area contributed by atoms with E-state index in [1.807, 2.05) is 17.2 Å². The van der Waals surface area contributed by atoms with Crippen molar-refractivity contribution in [2.75, 3.05) is 11.4 Å². The van der Waals surface area contributed by atoms with Crippen LogP contribution in [0.1, 0.15) is 23.4 Å². The summed E-state index contributed by atoms with van der Waals surface area (Å²) >= 11 is 7.57. The molecule has 0 bridgehead atoms. The standard InChI is InChI=1S/C12H11ClN4O2S/c1-7-8-3-5-20-9(8)2-4-16(7)12-10(17(18)19)11(13)14-6-15-12/h3,5-7H,2,4H2,1H3. The van der Waals surface area contributed by atoms with E-state index in [0.29, 0.717) is 12.4 Å². The second kappa shape index (κ2) is 4.99. The highest BCUT2D eigenvalue weighted by Crippen LogP contribution is 2.40. The lowest BCUT2D eigenvalue weighted by Crippen LogP contribution is -2.34. The van der Waals surface area contributed by atoms with E-state index in [1.54, 1.807) is 11.3 Å². The molecule has 3 heterocycles. The second-order valence-electron chi connectivity index (χ2n) is 4.51. The maximum Gasteiger partial charge on any atom is 0.348 e. The maximum atomic E-state index is 11.2. The van der Waals surface area contributed by atoms with Crippen LogP contribution in [0.25, 0.3) is 0 Å². The molecule has 2 aromatic heterocycles. The van der Waals surface area contributed by atoms with E-state index < -0.39 is 4.92 Å². The lowest BCUT2D eigenvalue weighted by molar-refractivity contribution is -0.384. The fraction of sp³-hybridized carbons (Fsp3) is 0.333. The van der Waals surface area contributed by atoms with Crippen LogP contribution in [0, 0.1) is 10.1 Å². The molecule has 0 amide bonds. The molecule has 1 aliphatic heterocycles. The Balaban J connectivity index is 2.07. The first kappa shape index (κ1) is 13.3. The number of fused-ring (bicyclic) bond motifs is 1. The number of thiophene rings is 1. The van der Waals surface area contributed by atoms with Gasteiger partial charge in [0.15, 0.2) is 0 Å². The van der Waals surface area contributed by atoms with Gasteiger partial charge in [0.2, 0.25) is 11.0 Å². The average molecular weight is 311 g/mol. The Morgan fingerprint density at radius 3 is 3.10 bits per heavy atom. The van der Waals surface area contributed by atoms with E-state index >= 15 is 0 Å². The Kier molecular flexibility index (Phi) is 3.31. The monoisotopic (exact) mass is 310 g/mol. The molecule has 8 heteroatoms. The van der Waals surface area contributed by atoms with Crippen molar-refractivity contribution < 1.29 is 4.92 Å². The van der Waals surface area contributed by atoms with E-state index in [2.05, 4.69) is 16.0 Å². The molecular formula is C12H11ClN4O2S. The van der Waals surface area contributed by atoms with Gasteiger partial charge in [-0.15, -0.1) is 11.3 Å². The molecule has 0 saturated carbocycles. The van der Waals surface area contributed by atoms with Gasteiger partial charge in [-0.1, -0.05) is 11.6 Å². The van der Waals surface area contributed by atoms with Crippen molar-refractivity contribution in [1.29, 1.82) is 0 Å². The van der Waals surface area contributed by atoms with Gasteiger partial charge in [0.05, 0.1) is 11.0 Å². The molecule has 0 fully saturated rings. The number of rotatable bonds is 2. The zero-order valence-corrected chi connectivity index (χ0v) is 12.2. The summed E-state index contributed by atoms with van der Waals surface area (Å²) in [6.45, 7) is 2.70. The van der Waals surface area contributed by atoms with Gasteiger partial charge in [0.25, 0.3) is 0 Å². The summed E-state index contributed by atoms with van der Waals surface area (Å²) in [7, 11) is 0. The highest BCUT2D eigenvalue weighted by Gasteiger charge is 2.32. The lowest BCUT2D eigenvalue weighted by atomic mass is 10.0. The molecular weight excluding hydrogens is 300 g/mol. The van der Waals surface area contributed by atoms with Crippen molar-refractivity contribution in [2.24, 2.45) is 0 Å². The zero-order valence-electron chi connectivity index (χ0n) is 10.6. The van der Waals surface area contributed by atoms with E-state index in [9.17, 15) is 10.1 Å². The van der Waals surface area contributed by atoms with Gasteiger partial charge in [0.1, 0.15) is 6.33 Å². The normalized spacial score (nSPS) is 17.9. The molecule has 2 aromatic rings. The summed E-state index contributed by atoms with van der Waals surface area (Å²) in [6.07, 6.45) is 2.12. The quantitative estimate of drug-likeness (QED) is 0.484. The minimum absolute atomic E-state index is 0.0367. The molecule has 1 unspecified atom stereocenters. The number of halogens is 1. The topological polar surface area (TPSA) is 72.2 Å². The number of nitro groups is 1. The summed E-state index contributed by atoms with van der Waals surface area (Å²) in [5.74, 6) is 0.291. The first-order valence-electron chi connectivity index (χ1n) is 6.07. The molecule has 1 aliphatic rings. The van der Waals surface area contributed by atoms with Crippen molar-refractivity contribution in [1.82, 2.24) is 9.97 Å². The minimum atomic E-state index is -0.520. The summed E-state index contributed by atoms with van der Waals surface area (Å²) in [6, 6.07) is 2.10. The third kappa shape index (κ3) is 2.03. The SMILES string of the molecule is CC1c2ccsc2CCN1c1ncnc(Cl)c1[N+](=O)[O-]. The number of nitrogens with zero attached hydrogens (tertiary/aromatic N) is 4. The Labute approximate surface area is 124 Å². The molecule has 0 aliphatic carbocycles. The van der Waals surface area contributed by atoms with E-state index in [1.165, 1.54) is 16.8 Å². The third-order valence-electron chi connectivity index (χ3n) is 3.49. The number of aromatic nitrogens is 2. The molecule has 1 atom stereocenters. The molecule has 6 nitrogen and oxygen atoms in total. The van der Waals surface area contributed by atoms with Crippen LogP contribution in [0.2, 0.25) is 5.15 Å². The number of hydrogen-bond acceptors (Lipinski definition) is 6. The summed E-state index contributed by atoms with van der Waals surface area (Å²) in [4.78, 5) is 21.7. The predicted molar refractivity (Wildman–Crippen MR) is 77.5 cm³/mol. The van der Waals surface area contributed by atoms with Gasteiger partial charge >= 0.3 is 5.69 Å². The van der Waals surface area contributed by atoms with Crippen molar-refractivity contribution in [3.05, 3.63) is 43.5 Å². The van der Waals surface area contributed by atoms with E-state index in [4.69, 9.17) is 11.6 Å². The van der Waals surface area contributed by atoms with Gasteiger partial charge in [-0.3, -0.25) is 10.1 Å². The smallest absolute Gasteiger partial charge is 0.344 e. The Hall–Kier alpha value is -1.73. The fourth-order valence-electron chi connectivity index (χ4n) is 2.51. The highest BCUT2D eigenvalue weighted by molar-refractivity contribution is 7.10. The molecule has 0 aromatic carbocycles. The van der Waals surface area contributed by atoms with Crippen LogP contribution in [-0.4, -0.2) is 21.4 Å². The van der Waals surface area contributed by atoms with Crippen molar-refractivity contribution in [3.63, 3.8) is 0 Å². The number of anilines is 1. The van der Waals surface area contributed by atoms with Gasteiger partial charge in [-0.05, 0) is 30.4 Å². The van der Waals surface area contributed by atoms with E-state index in [0.717, 1.165) is 6.42 Å². The molecule has 104 valence electrons. The predicted octanol–water partition coefficient (Wildman–Crippen LogP) is 3.22. The van der Waals surface area contributed by atoms with Gasteiger partial charge in [0, 0.05) is 11.4 Å². The van der Waals surface area contributed by atoms with Gasteiger partial charge in [-0.25, -0.2) is 9.97 Å². The van der Waals surface area contributed by atoms with Crippen LogP contribution in [-0.2, 0) is 6.42 Å². The lowest BCUT2D eigenvalue weighted by Gasteiger charge is -2.34. The van der Waals surface area contributed by atoms with Crippen LogP contribution in [0.5, 0.6) is 0 Å². The van der Waals surface area contributed by atoms with Gasteiger partial charge < -0.3 is 4.90 Å². The fourth-order valence-corrected chi connectivity index (χ4v) is 3.67. The summed E-state index contributed by atoms with van der Waals surface area (Å²) in [5, 5.41) is 13.1. The Bertz CT molecular complexity index is 675. The molecule has 0 radical (unpaired) electrons. The molecule has 20 heavy (non-hydrogen) atoms. The minimum Gasteiger partial charge on any atom is -0.344 e. The van der Waals surface area contributed by atoms with Crippen molar-refractivity contribution in [2.45, 2.75) is 19.4 Å². The zero-order chi connectivity index (χ0) is 14.3. The highest BCUT2D eigenvalue weighted by atomic mass is 35.5. The van der Waals surface area contributed by atoms with E-state index in [-0.39, 0.29) is 16.9 Å². The van der Waals surface area contributed by atoms with Crippen LogP contribution in [0.15, 0.2) is 17.8 Å². The largest absolute Gasteiger partial charge is 0.348 e.